The number of fused-ring (bicyclic) bond motifs is 14. The summed E-state index contributed by atoms with van der Waals surface area (Å²) in [6, 6.07) is 10.0. The molecule has 5 bridgehead atoms. The number of aliphatic hydroxyl groups is 2. The Kier molecular flexibility index (Phi) is 18.1. The van der Waals surface area contributed by atoms with Crippen LogP contribution in [0.25, 0.3) is 16.8 Å². The van der Waals surface area contributed by atoms with Gasteiger partial charge in [-0.15, -0.1) is 0 Å². The van der Waals surface area contributed by atoms with Crippen LogP contribution in [0.15, 0.2) is 77.6 Å². The summed E-state index contributed by atoms with van der Waals surface area (Å²) < 4.78 is 23.7. The molecule has 0 spiro atoms. The Morgan fingerprint density at radius 2 is 1.60 bits per heavy atom. The second-order valence-electron chi connectivity index (χ2n) is 17.9. The van der Waals surface area contributed by atoms with Gasteiger partial charge in [0.25, 0.3) is 11.7 Å². The molecular formula is C51H64N4NaO12+. The number of aliphatic hydroxyl groups excluding tert-OH is 2. The van der Waals surface area contributed by atoms with Gasteiger partial charge in [0.1, 0.15) is 23.4 Å². The number of hydrazone groups is 1. The van der Waals surface area contributed by atoms with Crippen molar-refractivity contribution in [1.29, 1.82) is 0 Å². The summed E-state index contributed by atoms with van der Waals surface area (Å²) in [5, 5.41) is 67.6. The van der Waals surface area contributed by atoms with Gasteiger partial charge in [-0.1, -0.05) is 88.4 Å². The molecule has 0 radical (unpaired) electrons. The number of carbonyl (C=O) groups is 3. The Morgan fingerprint density at radius 3 is 2.25 bits per heavy atom. The summed E-state index contributed by atoms with van der Waals surface area (Å²) in [5.74, 6) is -8.44. The van der Waals surface area contributed by atoms with Gasteiger partial charge in [-0.2, -0.15) is 5.10 Å². The van der Waals surface area contributed by atoms with Crippen molar-refractivity contribution in [2.45, 2.75) is 85.6 Å². The molecule has 7 rings (SSSR count). The van der Waals surface area contributed by atoms with Crippen molar-refractivity contribution in [2.75, 3.05) is 45.2 Å². The normalized spacial score (nSPS) is 29.3. The van der Waals surface area contributed by atoms with Gasteiger partial charge in [0.15, 0.2) is 5.75 Å². The van der Waals surface area contributed by atoms with E-state index in [-0.39, 0.29) is 74.0 Å². The molecule has 9 atom stereocenters. The van der Waals surface area contributed by atoms with E-state index in [1.165, 1.54) is 59.4 Å². The molecule has 1 saturated heterocycles. The van der Waals surface area contributed by atoms with E-state index in [9.17, 15) is 39.9 Å². The van der Waals surface area contributed by atoms with E-state index in [4.69, 9.17) is 18.9 Å². The van der Waals surface area contributed by atoms with Gasteiger partial charge in [0, 0.05) is 93.9 Å². The molecule has 0 unspecified atom stereocenters. The summed E-state index contributed by atoms with van der Waals surface area (Å²) in [6.07, 6.45) is 9.03. The van der Waals surface area contributed by atoms with Gasteiger partial charge in [0.05, 0.1) is 53.0 Å². The smallest absolute Gasteiger partial charge is 0.507 e. The van der Waals surface area contributed by atoms with Crippen LogP contribution >= 0.6 is 0 Å². The third kappa shape index (κ3) is 11.5. The van der Waals surface area contributed by atoms with E-state index in [0.717, 1.165) is 12.1 Å². The van der Waals surface area contributed by atoms with Crippen LogP contribution in [0.4, 0.5) is 5.69 Å². The summed E-state index contributed by atoms with van der Waals surface area (Å²) in [7, 11) is 1.44. The van der Waals surface area contributed by atoms with Crippen molar-refractivity contribution in [3.63, 3.8) is 0 Å². The van der Waals surface area contributed by atoms with Gasteiger partial charge in [-0.3, -0.25) is 24.3 Å². The predicted molar refractivity (Wildman–Crippen MR) is 255 cm³/mol. The maximum absolute atomic E-state index is 14.6. The fourth-order valence-electron chi connectivity index (χ4n) is 8.95. The maximum atomic E-state index is 14.6. The van der Waals surface area contributed by atoms with Gasteiger partial charge in [0.2, 0.25) is 0 Å². The third-order valence-corrected chi connectivity index (χ3v) is 13.2. The Labute approximate surface area is 419 Å². The largest absolute Gasteiger partial charge is 1.00 e. The number of phenols is 3. The molecule has 1 amide bonds. The maximum Gasteiger partial charge on any atom is 1.00 e. The van der Waals surface area contributed by atoms with Crippen molar-refractivity contribution in [1.82, 2.24) is 9.91 Å². The van der Waals surface area contributed by atoms with E-state index in [2.05, 4.69) is 27.5 Å². The fraction of sp³-hybridized carbons (Fsp3) is 0.451. The van der Waals surface area contributed by atoms with E-state index in [0.29, 0.717) is 26.2 Å². The van der Waals surface area contributed by atoms with Gasteiger partial charge < -0.3 is 49.8 Å². The van der Waals surface area contributed by atoms with Crippen LogP contribution in [-0.2, 0) is 23.8 Å². The van der Waals surface area contributed by atoms with Crippen molar-refractivity contribution in [3.8, 4) is 23.0 Å². The number of benzene rings is 3. The topological polar surface area (TPSA) is 220 Å². The summed E-state index contributed by atoms with van der Waals surface area (Å²) in [5.41, 5.74) is 0.718. The number of anilines is 1. The van der Waals surface area contributed by atoms with E-state index >= 15 is 0 Å². The Hall–Kier alpha value is -5.20. The average molecular weight is 948 g/mol. The number of ketones is 1. The minimum atomic E-state index is -2.06. The first-order valence-electron chi connectivity index (χ1n) is 22.6. The van der Waals surface area contributed by atoms with Crippen molar-refractivity contribution < 1.29 is 88.4 Å². The molecular weight excluding hydrogens is 884 g/mol. The first-order chi connectivity index (χ1) is 31.8. The summed E-state index contributed by atoms with van der Waals surface area (Å²) in [6.45, 7) is 15.7. The van der Waals surface area contributed by atoms with E-state index in [1.54, 1.807) is 44.9 Å². The molecule has 1 fully saturated rings. The standard InChI is InChI=1S/C51H64N4O12.Na/c1-28-15-13-16-29(2)50(63)53-41-36(27-52-55-24-22-54(23-25-55)21-14-19-35-17-11-10-12-18-35)45(60)38-39(46(41)61)44(59)33(6)48-40(38)49(62)51(8,67-48)65-26-20-37(64-9)30(3)47(66-34(7)56)32(5)43(58)31(4)42(28)57;/h10-20,26-28,30-32,37,42-43,47,57-61H,21-25H2,1-9H3,(H,53,63);/q;+1/b15-13+,19-14+,26-20+,29-16-,52-27-;/t28-,30+,31+,32-,37-,42+,43+,47+,51-;/m0./s1. The number of ether oxygens (including phenoxy) is 4. The summed E-state index contributed by atoms with van der Waals surface area (Å²) in [4.78, 5) is 43.1. The van der Waals surface area contributed by atoms with Crippen LogP contribution in [0.3, 0.4) is 0 Å². The number of phenolic OH excluding ortho intramolecular Hbond substituents is 3. The molecule has 4 aliphatic heterocycles. The van der Waals surface area contributed by atoms with Crippen molar-refractivity contribution >= 4 is 46.4 Å². The molecule has 3 aromatic rings. The van der Waals surface area contributed by atoms with Crippen molar-refractivity contribution in [3.05, 3.63) is 94.8 Å². The summed E-state index contributed by atoms with van der Waals surface area (Å²) >= 11 is 0. The Bertz CT molecular complexity index is 2480. The molecule has 3 aromatic carbocycles. The van der Waals surface area contributed by atoms with Crippen LogP contribution in [0.1, 0.15) is 75.5 Å². The SMILES string of the molecule is CO[C@H]1/C=C/O[C@@]2(C)Oc3c(C)c(O)c4c(O)c(c(/C=N\N5CCN(C/C=C/c6ccccc6)CC5)c(O)c4c3C2=O)NC(=O)/C(C)=C\C=C\[C@H](C)[C@@H](O)[C@@H](C)[C@@H](O)[C@H](C)[C@H](OC(C)=O)[C@@H]1C.[Na+]. The zero-order valence-electron chi connectivity index (χ0n) is 40.6. The number of carbonyl (C=O) groups excluding carboxylic acids is 3. The van der Waals surface area contributed by atoms with Gasteiger partial charge >= 0.3 is 41.3 Å². The number of esters is 1. The van der Waals surface area contributed by atoms with E-state index in [1.807, 2.05) is 30.3 Å². The molecule has 360 valence electrons. The number of hydrogen-bond donors (Lipinski definition) is 6. The second-order valence-corrected chi connectivity index (χ2v) is 17.9. The fourth-order valence-corrected chi connectivity index (χ4v) is 8.95. The van der Waals surface area contributed by atoms with E-state index < -0.39 is 88.8 Å². The number of aromatic hydroxyl groups is 3. The number of methoxy groups -OCH3 is 1. The van der Waals surface area contributed by atoms with Crippen LogP contribution in [0.5, 0.6) is 23.0 Å². The molecule has 17 heteroatoms. The first-order valence-corrected chi connectivity index (χ1v) is 22.6. The molecule has 68 heavy (non-hydrogen) atoms. The molecule has 0 aliphatic carbocycles. The number of piperazine rings is 1. The minimum Gasteiger partial charge on any atom is -0.507 e. The average Bonchev–Trinajstić information content (AvgIpc) is 3.57. The van der Waals surface area contributed by atoms with Crippen LogP contribution in [0.2, 0.25) is 0 Å². The van der Waals surface area contributed by atoms with Crippen LogP contribution in [-0.4, -0.2) is 129 Å². The first kappa shape index (κ1) is 53.8. The Morgan fingerprint density at radius 1 is 0.926 bits per heavy atom. The number of nitrogens with zero attached hydrogens (tertiary/aromatic N) is 3. The van der Waals surface area contributed by atoms with Crippen LogP contribution < -0.4 is 39.6 Å². The predicted octanol–water partition coefficient (Wildman–Crippen LogP) is 3.42. The zero-order valence-corrected chi connectivity index (χ0v) is 42.6. The third-order valence-electron chi connectivity index (χ3n) is 13.2. The Balaban J connectivity index is 0.00000864. The number of amides is 1. The quantitative estimate of drug-likeness (QED) is 0.0658. The monoisotopic (exact) mass is 947 g/mol. The van der Waals surface area contributed by atoms with Crippen LogP contribution in [0, 0.1) is 30.6 Å². The number of rotatable bonds is 7. The zero-order chi connectivity index (χ0) is 48.9. The molecule has 4 aliphatic rings. The molecule has 4 heterocycles. The van der Waals surface area contributed by atoms with Crippen molar-refractivity contribution in [2.24, 2.45) is 28.8 Å². The van der Waals surface area contributed by atoms with Gasteiger partial charge in [-0.25, -0.2) is 0 Å². The number of allylic oxidation sites excluding steroid dienone is 2. The number of nitrogens with one attached hydrogen (secondary N) is 1. The molecule has 0 saturated carbocycles. The van der Waals surface area contributed by atoms with Gasteiger partial charge in [-0.05, 0) is 25.5 Å². The minimum absolute atomic E-state index is 0. The second kappa shape index (κ2) is 22.9. The number of Topliss-reactive ketones (excluding diaryl/α,β-unsaturated/α-hetero) is 1. The molecule has 16 nitrogen and oxygen atoms in total. The number of hydrogen-bond acceptors (Lipinski definition) is 15. The molecule has 0 aromatic heterocycles. The molecule has 6 N–H and O–H groups in total.